The molecule has 0 spiro atoms. The number of fused-ring (bicyclic) bond motifs is 2. The van der Waals surface area contributed by atoms with E-state index in [-0.39, 0.29) is 11.2 Å². The summed E-state index contributed by atoms with van der Waals surface area (Å²) in [7, 11) is 0. The van der Waals surface area contributed by atoms with E-state index in [1.807, 2.05) is 26.8 Å². The molecule has 0 atom stereocenters. The summed E-state index contributed by atoms with van der Waals surface area (Å²) >= 11 is 3.03. The Bertz CT molecular complexity index is 1260. The molecule has 0 aliphatic carbocycles. The predicted octanol–water partition coefficient (Wildman–Crippen LogP) is 2.70. The molecule has 4 heterocycles. The second kappa shape index (κ2) is 6.97. The molecule has 0 amide bonds. The molecule has 140 valence electrons. The highest BCUT2D eigenvalue weighted by Gasteiger charge is 2.16. The molecule has 0 fully saturated rings. The minimum Gasteiger partial charge on any atom is -0.287 e. The number of nitrogens with zero attached hydrogens (tertiary/aromatic N) is 5. The van der Waals surface area contributed by atoms with Gasteiger partial charge in [-0.2, -0.15) is 0 Å². The third-order valence-electron chi connectivity index (χ3n) is 4.59. The van der Waals surface area contributed by atoms with Crippen LogP contribution in [0.25, 0.3) is 15.9 Å². The van der Waals surface area contributed by atoms with Crippen LogP contribution in [0.15, 0.2) is 39.1 Å². The lowest BCUT2D eigenvalue weighted by Crippen LogP contribution is -2.24. The van der Waals surface area contributed by atoms with Gasteiger partial charge in [-0.3, -0.25) is 13.8 Å². The number of thioether (sulfide) groups is 1. The van der Waals surface area contributed by atoms with Gasteiger partial charge in [-0.15, -0.1) is 16.4 Å². The molecular formula is C18H19N5O2S2. The number of aromatic nitrogens is 5. The molecule has 0 saturated carbocycles. The second-order valence-electron chi connectivity index (χ2n) is 6.19. The average Bonchev–Trinajstić information content (AvgIpc) is 3.12. The third-order valence-corrected chi connectivity index (χ3v) is 6.65. The van der Waals surface area contributed by atoms with Crippen LogP contribution < -0.4 is 11.2 Å². The van der Waals surface area contributed by atoms with E-state index < -0.39 is 0 Å². The quantitative estimate of drug-likeness (QED) is 0.380. The summed E-state index contributed by atoms with van der Waals surface area (Å²) in [5.41, 5.74) is 1.49. The van der Waals surface area contributed by atoms with Crippen LogP contribution in [0.1, 0.15) is 17.4 Å². The molecule has 27 heavy (non-hydrogen) atoms. The largest absolute Gasteiger partial charge is 0.350 e. The number of rotatable bonds is 5. The molecule has 0 bridgehead atoms. The van der Waals surface area contributed by atoms with E-state index in [1.165, 1.54) is 20.8 Å². The zero-order valence-corrected chi connectivity index (χ0v) is 16.9. The Balaban J connectivity index is 1.62. The molecule has 4 aromatic heterocycles. The standard InChI is InChI=1S/C18H19N5O2S2/c1-4-21-16(24)14-11(2)12(3)27-15(14)19-17(21)26-10-9-23-18(25)22-8-6-5-7-13(22)20-23/h5-8H,4,9-10H2,1-3H3. The highest BCUT2D eigenvalue weighted by atomic mass is 32.2. The Labute approximate surface area is 163 Å². The number of thiophene rings is 1. The van der Waals surface area contributed by atoms with E-state index in [4.69, 9.17) is 4.98 Å². The van der Waals surface area contributed by atoms with E-state index in [2.05, 4.69) is 5.10 Å². The maximum absolute atomic E-state index is 12.9. The summed E-state index contributed by atoms with van der Waals surface area (Å²) in [5, 5.41) is 5.75. The van der Waals surface area contributed by atoms with Gasteiger partial charge in [0, 0.05) is 23.4 Å². The van der Waals surface area contributed by atoms with Gasteiger partial charge in [-0.1, -0.05) is 17.8 Å². The van der Waals surface area contributed by atoms with Crippen molar-refractivity contribution in [2.75, 3.05) is 5.75 Å². The van der Waals surface area contributed by atoms with Gasteiger partial charge in [0.15, 0.2) is 10.8 Å². The molecule has 0 radical (unpaired) electrons. The van der Waals surface area contributed by atoms with Gasteiger partial charge in [0.2, 0.25) is 0 Å². The van der Waals surface area contributed by atoms with Gasteiger partial charge in [0.05, 0.1) is 11.9 Å². The van der Waals surface area contributed by atoms with Crippen LogP contribution in [0, 0.1) is 13.8 Å². The van der Waals surface area contributed by atoms with Gasteiger partial charge in [0.25, 0.3) is 5.56 Å². The lowest BCUT2D eigenvalue weighted by Gasteiger charge is -2.09. The zero-order valence-electron chi connectivity index (χ0n) is 15.3. The molecule has 0 aromatic carbocycles. The molecule has 0 aliphatic rings. The first-order valence-corrected chi connectivity index (χ1v) is 10.5. The van der Waals surface area contributed by atoms with Gasteiger partial charge in [0.1, 0.15) is 4.83 Å². The van der Waals surface area contributed by atoms with Crippen molar-refractivity contribution >= 4 is 39.0 Å². The maximum atomic E-state index is 12.9. The fraction of sp³-hybridized carbons (Fsp3) is 0.333. The summed E-state index contributed by atoms with van der Waals surface area (Å²) in [6.45, 7) is 6.94. The summed E-state index contributed by atoms with van der Waals surface area (Å²) < 4.78 is 4.68. The molecule has 0 aliphatic heterocycles. The van der Waals surface area contributed by atoms with Crippen molar-refractivity contribution in [1.29, 1.82) is 0 Å². The molecule has 0 N–H and O–H groups in total. The lowest BCUT2D eigenvalue weighted by atomic mass is 10.2. The minimum atomic E-state index is -0.160. The lowest BCUT2D eigenvalue weighted by molar-refractivity contribution is 0.624. The molecule has 0 unspecified atom stereocenters. The van der Waals surface area contributed by atoms with E-state index in [0.29, 0.717) is 29.6 Å². The Morgan fingerprint density at radius 1 is 1.22 bits per heavy atom. The molecule has 4 rings (SSSR count). The molecule has 0 saturated heterocycles. The first kappa shape index (κ1) is 18.0. The molecule has 7 nitrogen and oxygen atoms in total. The maximum Gasteiger partial charge on any atom is 0.350 e. The van der Waals surface area contributed by atoms with E-state index in [1.54, 1.807) is 34.2 Å². The highest BCUT2D eigenvalue weighted by Crippen LogP contribution is 2.28. The van der Waals surface area contributed by atoms with Crippen LogP contribution in [0.5, 0.6) is 0 Å². The van der Waals surface area contributed by atoms with E-state index in [9.17, 15) is 9.59 Å². The summed E-state index contributed by atoms with van der Waals surface area (Å²) in [6, 6.07) is 5.46. The first-order chi connectivity index (χ1) is 13.0. The summed E-state index contributed by atoms with van der Waals surface area (Å²) in [5.74, 6) is 0.602. The highest BCUT2D eigenvalue weighted by molar-refractivity contribution is 7.99. The van der Waals surface area contributed by atoms with Crippen molar-refractivity contribution in [1.82, 2.24) is 23.7 Å². The molecule has 9 heteroatoms. The number of hydrogen-bond acceptors (Lipinski definition) is 6. The van der Waals surface area contributed by atoms with Crippen LogP contribution >= 0.6 is 23.1 Å². The molecular weight excluding hydrogens is 382 g/mol. The predicted molar refractivity (Wildman–Crippen MR) is 109 cm³/mol. The van der Waals surface area contributed by atoms with Gasteiger partial charge in [-0.25, -0.2) is 14.5 Å². The zero-order chi connectivity index (χ0) is 19.1. The van der Waals surface area contributed by atoms with Crippen LogP contribution in [0.4, 0.5) is 0 Å². The van der Waals surface area contributed by atoms with Crippen molar-refractivity contribution in [2.24, 2.45) is 0 Å². The van der Waals surface area contributed by atoms with Crippen LogP contribution in [0.2, 0.25) is 0 Å². The smallest absolute Gasteiger partial charge is 0.287 e. The molecule has 4 aromatic rings. The van der Waals surface area contributed by atoms with Crippen molar-refractivity contribution < 1.29 is 0 Å². The fourth-order valence-corrected chi connectivity index (χ4v) is 5.08. The Hall–Kier alpha value is -2.39. The van der Waals surface area contributed by atoms with Crippen molar-refractivity contribution in [3.05, 3.63) is 55.7 Å². The average molecular weight is 402 g/mol. The van der Waals surface area contributed by atoms with E-state index >= 15 is 0 Å². The van der Waals surface area contributed by atoms with Crippen LogP contribution in [0.3, 0.4) is 0 Å². The van der Waals surface area contributed by atoms with Crippen molar-refractivity contribution in [3.63, 3.8) is 0 Å². The van der Waals surface area contributed by atoms with Crippen molar-refractivity contribution in [3.8, 4) is 0 Å². The first-order valence-electron chi connectivity index (χ1n) is 8.68. The Morgan fingerprint density at radius 3 is 2.78 bits per heavy atom. The van der Waals surface area contributed by atoms with Gasteiger partial charge < -0.3 is 0 Å². The van der Waals surface area contributed by atoms with Gasteiger partial charge >= 0.3 is 5.69 Å². The van der Waals surface area contributed by atoms with Crippen LogP contribution in [-0.2, 0) is 13.1 Å². The SMILES string of the molecule is CCn1c(SCCn2nc3ccccn3c2=O)nc2sc(C)c(C)c2c1=O. The normalized spacial score (nSPS) is 11.7. The number of aryl methyl sites for hydroxylation is 3. The fourth-order valence-electron chi connectivity index (χ4n) is 3.03. The Kier molecular flexibility index (Phi) is 4.65. The summed E-state index contributed by atoms with van der Waals surface area (Å²) in [4.78, 5) is 31.8. The second-order valence-corrected chi connectivity index (χ2v) is 8.46. The van der Waals surface area contributed by atoms with E-state index in [0.717, 1.165) is 20.7 Å². The minimum absolute atomic E-state index is 0.0109. The summed E-state index contributed by atoms with van der Waals surface area (Å²) in [6.07, 6.45) is 1.71. The van der Waals surface area contributed by atoms with Crippen LogP contribution in [-0.4, -0.2) is 29.5 Å². The van der Waals surface area contributed by atoms with Crippen molar-refractivity contribution in [2.45, 2.75) is 39.0 Å². The van der Waals surface area contributed by atoms with Gasteiger partial charge in [-0.05, 0) is 38.5 Å². The topological polar surface area (TPSA) is 74.2 Å². The Morgan fingerprint density at radius 2 is 2.04 bits per heavy atom. The third kappa shape index (κ3) is 3.00. The monoisotopic (exact) mass is 401 g/mol. The number of hydrogen-bond donors (Lipinski definition) is 0. The number of pyridine rings is 1.